The number of ether oxygens (including phenoxy) is 7. The number of benzene rings is 2. The molecule has 12 heteroatoms. The van der Waals surface area contributed by atoms with E-state index in [0.717, 1.165) is 12.2 Å². The van der Waals surface area contributed by atoms with E-state index < -0.39 is 30.1 Å². The van der Waals surface area contributed by atoms with Crippen LogP contribution in [0.5, 0.6) is 11.5 Å². The van der Waals surface area contributed by atoms with Crippen molar-refractivity contribution in [3.05, 3.63) is 85.5 Å². The molecule has 0 aromatic heterocycles. The largest absolute Gasteiger partial charge is 0.490 e. The molecular formula is C29H33NO11. The fourth-order valence-corrected chi connectivity index (χ4v) is 2.92. The van der Waals surface area contributed by atoms with Gasteiger partial charge in [0.2, 0.25) is 0 Å². The van der Waals surface area contributed by atoms with Gasteiger partial charge in [0.25, 0.3) is 0 Å². The van der Waals surface area contributed by atoms with E-state index in [1.54, 1.807) is 42.5 Å². The number of alkyl carbamates (subject to hydrolysis) is 1. The van der Waals surface area contributed by atoms with Crippen molar-refractivity contribution >= 4 is 24.0 Å². The second kappa shape index (κ2) is 19.3. The molecule has 0 heterocycles. The van der Waals surface area contributed by atoms with Crippen LogP contribution in [0.3, 0.4) is 0 Å². The Morgan fingerprint density at radius 3 is 2.02 bits per heavy atom. The molecule has 0 fully saturated rings. The van der Waals surface area contributed by atoms with Crippen LogP contribution in [-0.2, 0) is 33.3 Å². The molecule has 0 radical (unpaired) electrons. The summed E-state index contributed by atoms with van der Waals surface area (Å²) in [7, 11) is 0. The molecule has 220 valence electrons. The number of nitrogens with one attached hydrogen (secondary N) is 1. The lowest BCUT2D eigenvalue weighted by atomic mass is 10.2. The standard InChI is InChI=1S/C29H33NO11/c1-3-26(31)36-14-13-30-29(34)41-25(20-39-23-10-6-5-7-11-23)21-40-24-12-8-9-22(19-24)28(33)38-18-16-35-15-17-37-27(32)4-2/h3-12,19,25H,1-2,13-18,20-21H2,(H,30,34). The first kappa shape index (κ1) is 32.4. The molecule has 0 bridgehead atoms. The molecule has 1 amide bonds. The highest BCUT2D eigenvalue weighted by molar-refractivity contribution is 5.89. The third-order valence-corrected chi connectivity index (χ3v) is 4.84. The monoisotopic (exact) mass is 571 g/mol. The number of para-hydroxylation sites is 1. The molecule has 1 atom stereocenters. The molecule has 1 N–H and O–H groups in total. The van der Waals surface area contributed by atoms with Gasteiger partial charge in [-0.1, -0.05) is 37.4 Å². The molecule has 1 unspecified atom stereocenters. The van der Waals surface area contributed by atoms with E-state index in [1.165, 1.54) is 6.07 Å². The maximum atomic E-state index is 12.4. The maximum absolute atomic E-state index is 12.4. The summed E-state index contributed by atoms with van der Waals surface area (Å²) in [5, 5.41) is 2.48. The van der Waals surface area contributed by atoms with Crippen LogP contribution >= 0.6 is 0 Å². The molecule has 2 aromatic rings. The van der Waals surface area contributed by atoms with Gasteiger partial charge in [0.05, 0.1) is 25.3 Å². The first-order valence-electron chi connectivity index (χ1n) is 12.6. The van der Waals surface area contributed by atoms with Crippen molar-refractivity contribution < 1.29 is 52.3 Å². The van der Waals surface area contributed by atoms with Crippen molar-refractivity contribution in [3.63, 3.8) is 0 Å². The minimum atomic E-state index is -0.829. The Kier molecular flexibility index (Phi) is 15.2. The van der Waals surface area contributed by atoms with E-state index in [9.17, 15) is 19.2 Å². The summed E-state index contributed by atoms with van der Waals surface area (Å²) in [4.78, 5) is 46.7. The van der Waals surface area contributed by atoms with E-state index in [4.69, 9.17) is 33.2 Å². The summed E-state index contributed by atoms with van der Waals surface area (Å²) < 4.78 is 36.9. The number of carbonyl (C=O) groups is 4. The number of rotatable bonds is 19. The van der Waals surface area contributed by atoms with E-state index in [1.807, 2.05) is 6.07 Å². The van der Waals surface area contributed by atoms with Gasteiger partial charge in [-0.3, -0.25) is 0 Å². The van der Waals surface area contributed by atoms with Crippen LogP contribution in [0.15, 0.2) is 79.9 Å². The fraction of sp³-hybridized carbons (Fsp3) is 0.310. The van der Waals surface area contributed by atoms with Crippen LogP contribution in [0, 0.1) is 0 Å². The zero-order valence-corrected chi connectivity index (χ0v) is 22.5. The second-order valence-corrected chi connectivity index (χ2v) is 7.91. The number of esters is 3. The van der Waals surface area contributed by atoms with Gasteiger partial charge in [0, 0.05) is 12.2 Å². The molecular weight excluding hydrogens is 538 g/mol. The van der Waals surface area contributed by atoms with E-state index in [-0.39, 0.29) is 58.4 Å². The molecule has 0 aliphatic carbocycles. The first-order valence-corrected chi connectivity index (χ1v) is 12.6. The van der Waals surface area contributed by atoms with Gasteiger partial charge in [-0.2, -0.15) is 0 Å². The van der Waals surface area contributed by atoms with Crippen LogP contribution < -0.4 is 14.8 Å². The Balaban J connectivity index is 1.84. The van der Waals surface area contributed by atoms with E-state index in [0.29, 0.717) is 11.5 Å². The highest BCUT2D eigenvalue weighted by Gasteiger charge is 2.18. The molecule has 0 spiro atoms. The third kappa shape index (κ3) is 14.2. The third-order valence-electron chi connectivity index (χ3n) is 4.84. The normalized spacial score (nSPS) is 10.8. The first-order chi connectivity index (χ1) is 19.9. The zero-order chi connectivity index (χ0) is 29.7. The summed E-state index contributed by atoms with van der Waals surface area (Å²) >= 11 is 0. The zero-order valence-electron chi connectivity index (χ0n) is 22.5. The van der Waals surface area contributed by atoms with Gasteiger partial charge in [0.1, 0.15) is 44.5 Å². The summed E-state index contributed by atoms with van der Waals surface area (Å²) in [6.45, 7) is 6.78. The molecule has 41 heavy (non-hydrogen) atoms. The van der Waals surface area contributed by atoms with Crippen LogP contribution in [0.25, 0.3) is 0 Å². The summed E-state index contributed by atoms with van der Waals surface area (Å²) in [6, 6.07) is 15.2. The minimum Gasteiger partial charge on any atom is -0.490 e. The van der Waals surface area contributed by atoms with E-state index >= 15 is 0 Å². The van der Waals surface area contributed by atoms with Gasteiger partial charge in [-0.15, -0.1) is 0 Å². The summed E-state index contributed by atoms with van der Waals surface area (Å²) in [5.74, 6) is -0.829. The predicted octanol–water partition coefficient (Wildman–Crippen LogP) is 2.87. The summed E-state index contributed by atoms with van der Waals surface area (Å²) in [5.41, 5.74) is 0.243. The number of amides is 1. The molecule has 0 aliphatic heterocycles. The van der Waals surface area contributed by atoms with Gasteiger partial charge < -0.3 is 38.5 Å². The molecule has 0 aliphatic rings. The van der Waals surface area contributed by atoms with Crippen LogP contribution in [0.1, 0.15) is 10.4 Å². The topological polar surface area (TPSA) is 145 Å². The van der Waals surface area contributed by atoms with Crippen LogP contribution in [0.4, 0.5) is 4.79 Å². The average Bonchev–Trinajstić information content (AvgIpc) is 3.00. The average molecular weight is 572 g/mol. The van der Waals surface area contributed by atoms with Crippen molar-refractivity contribution in [1.29, 1.82) is 0 Å². The second-order valence-electron chi connectivity index (χ2n) is 7.91. The van der Waals surface area contributed by atoms with E-state index in [2.05, 4.69) is 18.5 Å². The SMILES string of the molecule is C=CC(=O)OCCNC(=O)OC(COc1ccccc1)COc1cccc(C(=O)OCCOCCOC(=O)C=C)c1. The molecule has 12 nitrogen and oxygen atoms in total. The van der Waals surface area contributed by atoms with Gasteiger partial charge in [0.15, 0.2) is 6.10 Å². The highest BCUT2D eigenvalue weighted by Crippen LogP contribution is 2.16. The van der Waals surface area contributed by atoms with Crippen molar-refractivity contribution in [3.8, 4) is 11.5 Å². The molecule has 2 rings (SSSR count). The maximum Gasteiger partial charge on any atom is 0.407 e. The number of hydrogen-bond donors (Lipinski definition) is 1. The lowest BCUT2D eigenvalue weighted by Gasteiger charge is -2.19. The lowest BCUT2D eigenvalue weighted by molar-refractivity contribution is -0.139. The predicted molar refractivity (Wildman–Crippen MR) is 146 cm³/mol. The Morgan fingerprint density at radius 2 is 1.34 bits per heavy atom. The smallest absolute Gasteiger partial charge is 0.407 e. The Morgan fingerprint density at radius 1 is 0.732 bits per heavy atom. The lowest BCUT2D eigenvalue weighted by Crippen LogP contribution is -2.37. The van der Waals surface area contributed by atoms with Gasteiger partial charge in [-0.05, 0) is 30.3 Å². The van der Waals surface area contributed by atoms with Crippen molar-refractivity contribution in [1.82, 2.24) is 5.32 Å². The van der Waals surface area contributed by atoms with Gasteiger partial charge in [-0.25, -0.2) is 19.2 Å². The van der Waals surface area contributed by atoms with Crippen LogP contribution in [0.2, 0.25) is 0 Å². The summed E-state index contributed by atoms with van der Waals surface area (Å²) in [6.07, 6.45) is 0.481. The molecule has 0 saturated heterocycles. The Bertz CT molecular complexity index is 1140. The Labute approximate surface area is 237 Å². The number of hydrogen-bond acceptors (Lipinski definition) is 11. The fourth-order valence-electron chi connectivity index (χ4n) is 2.92. The molecule has 2 aromatic carbocycles. The Hall–Kier alpha value is -4.84. The number of carbonyl (C=O) groups excluding carboxylic acids is 4. The minimum absolute atomic E-state index is 0.00599. The molecule has 0 saturated carbocycles. The van der Waals surface area contributed by atoms with Gasteiger partial charge >= 0.3 is 24.0 Å². The quantitative estimate of drug-likeness (QED) is 0.115. The van der Waals surface area contributed by atoms with Crippen molar-refractivity contribution in [2.75, 3.05) is 52.8 Å². The van der Waals surface area contributed by atoms with Crippen LogP contribution in [-0.4, -0.2) is 82.9 Å². The van der Waals surface area contributed by atoms with Crippen molar-refractivity contribution in [2.45, 2.75) is 6.10 Å². The highest BCUT2D eigenvalue weighted by atomic mass is 16.6. The van der Waals surface area contributed by atoms with Crippen molar-refractivity contribution in [2.24, 2.45) is 0 Å².